The van der Waals surface area contributed by atoms with Crippen molar-refractivity contribution < 1.29 is 9.59 Å². The Labute approximate surface area is 165 Å². The van der Waals surface area contributed by atoms with Crippen LogP contribution in [0.25, 0.3) is 0 Å². The van der Waals surface area contributed by atoms with Gasteiger partial charge in [-0.25, -0.2) is 4.79 Å². The van der Waals surface area contributed by atoms with E-state index < -0.39 is 0 Å². The molecule has 0 fully saturated rings. The highest BCUT2D eigenvalue weighted by Gasteiger charge is 2.23. The van der Waals surface area contributed by atoms with Crippen LogP contribution in [-0.4, -0.2) is 29.9 Å². The fourth-order valence-electron chi connectivity index (χ4n) is 4.17. The molecule has 6 heteroatoms. The minimum Gasteiger partial charge on any atom is -0.399 e. The van der Waals surface area contributed by atoms with Crippen LogP contribution in [0, 0.1) is 0 Å². The number of urea groups is 1. The highest BCUT2D eigenvalue weighted by atomic mass is 16.2. The summed E-state index contributed by atoms with van der Waals surface area (Å²) in [5.74, 6) is -0.166. The number of carbonyl (C=O) groups excluding carboxylic acids is 2. The summed E-state index contributed by atoms with van der Waals surface area (Å²) < 4.78 is 0. The van der Waals surface area contributed by atoms with Gasteiger partial charge in [-0.05, 0) is 60.1 Å². The Bertz CT molecular complexity index is 896. The lowest BCUT2D eigenvalue weighted by Gasteiger charge is -2.29. The molecule has 1 atom stereocenters. The molecule has 28 heavy (non-hydrogen) atoms. The molecule has 0 radical (unpaired) electrons. The molecule has 0 aromatic heterocycles. The quantitative estimate of drug-likeness (QED) is 0.717. The number of anilines is 1. The zero-order valence-corrected chi connectivity index (χ0v) is 15.9. The first-order valence-corrected chi connectivity index (χ1v) is 9.87. The highest BCUT2D eigenvalue weighted by molar-refractivity contribution is 5.84. The molecule has 1 aliphatic carbocycles. The largest absolute Gasteiger partial charge is 0.399 e. The molecule has 1 unspecified atom stereocenters. The van der Waals surface area contributed by atoms with Gasteiger partial charge in [-0.3, -0.25) is 4.79 Å². The summed E-state index contributed by atoms with van der Waals surface area (Å²) in [6, 6.07) is 13.8. The third-order valence-corrected chi connectivity index (χ3v) is 5.63. The van der Waals surface area contributed by atoms with Crippen molar-refractivity contribution in [2.24, 2.45) is 0 Å². The summed E-state index contributed by atoms with van der Waals surface area (Å²) in [6.07, 6.45) is 3.75. The number of hydrogen-bond acceptors (Lipinski definition) is 3. The molecular formula is C22H26N4O2. The number of nitrogens with one attached hydrogen (secondary N) is 2. The Morgan fingerprint density at radius 3 is 2.75 bits per heavy atom. The number of aryl methyl sites for hydroxylation is 1. The number of nitrogens with two attached hydrogens (primary N) is 1. The van der Waals surface area contributed by atoms with Crippen LogP contribution in [0.1, 0.15) is 41.1 Å². The van der Waals surface area contributed by atoms with E-state index in [-0.39, 0.29) is 24.5 Å². The van der Waals surface area contributed by atoms with E-state index in [4.69, 9.17) is 5.73 Å². The fourth-order valence-corrected chi connectivity index (χ4v) is 4.17. The van der Waals surface area contributed by atoms with Gasteiger partial charge >= 0.3 is 6.03 Å². The van der Waals surface area contributed by atoms with Crippen LogP contribution in [0.15, 0.2) is 42.5 Å². The van der Waals surface area contributed by atoms with Gasteiger partial charge in [-0.15, -0.1) is 0 Å². The van der Waals surface area contributed by atoms with Crippen molar-refractivity contribution in [3.63, 3.8) is 0 Å². The lowest BCUT2D eigenvalue weighted by atomic mass is 9.87. The molecule has 4 N–H and O–H groups in total. The van der Waals surface area contributed by atoms with Crippen LogP contribution in [-0.2, 0) is 24.2 Å². The first kappa shape index (κ1) is 18.3. The third kappa shape index (κ3) is 3.96. The number of benzene rings is 2. The van der Waals surface area contributed by atoms with Crippen LogP contribution in [0.2, 0.25) is 0 Å². The van der Waals surface area contributed by atoms with Gasteiger partial charge in [-0.2, -0.15) is 0 Å². The summed E-state index contributed by atoms with van der Waals surface area (Å²) in [6.45, 7) is 1.24. The zero-order chi connectivity index (χ0) is 19.5. The van der Waals surface area contributed by atoms with Crippen molar-refractivity contribution in [3.8, 4) is 0 Å². The number of nitrogens with zero attached hydrogens (tertiary/aromatic N) is 1. The number of carbonyl (C=O) groups is 2. The molecule has 146 valence electrons. The SMILES string of the molecule is Nc1ccc2c(c1)CCCC2NC(=O)CNC(=O)N1CCc2ccccc2C1. The maximum atomic E-state index is 12.5. The molecule has 1 heterocycles. The average Bonchev–Trinajstić information content (AvgIpc) is 2.71. The maximum absolute atomic E-state index is 12.5. The van der Waals surface area contributed by atoms with Crippen molar-refractivity contribution in [1.82, 2.24) is 15.5 Å². The third-order valence-electron chi connectivity index (χ3n) is 5.63. The van der Waals surface area contributed by atoms with Crippen LogP contribution >= 0.6 is 0 Å². The number of fused-ring (bicyclic) bond motifs is 2. The number of hydrogen-bond donors (Lipinski definition) is 3. The molecule has 0 bridgehead atoms. The number of nitrogen functional groups attached to an aromatic ring is 1. The van der Waals surface area contributed by atoms with E-state index in [0.717, 1.165) is 36.9 Å². The second-order valence-electron chi connectivity index (χ2n) is 7.57. The maximum Gasteiger partial charge on any atom is 0.318 e. The topological polar surface area (TPSA) is 87.5 Å². The monoisotopic (exact) mass is 378 g/mol. The summed E-state index contributed by atoms with van der Waals surface area (Å²) in [5.41, 5.74) is 11.4. The molecule has 3 amide bonds. The first-order chi connectivity index (χ1) is 13.6. The van der Waals surface area contributed by atoms with Gasteiger partial charge in [0.15, 0.2) is 0 Å². The Morgan fingerprint density at radius 2 is 1.89 bits per heavy atom. The van der Waals surface area contributed by atoms with Gasteiger partial charge in [0.1, 0.15) is 0 Å². The summed E-state index contributed by atoms with van der Waals surface area (Å²) in [7, 11) is 0. The van der Waals surface area contributed by atoms with E-state index in [1.54, 1.807) is 4.90 Å². The van der Waals surface area contributed by atoms with E-state index in [0.29, 0.717) is 13.1 Å². The standard InChI is InChI=1S/C22H26N4O2/c23-18-8-9-19-16(12-18)6-3-7-20(19)25-21(27)13-24-22(28)26-11-10-15-4-1-2-5-17(15)14-26/h1-2,4-5,8-9,12,20H,3,6-7,10-11,13-14,23H2,(H,24,28)(H,25,27). The smallest absolute Gasteiger partial charge is 0.318 e. The van der Waals surface area contributed by atoms with Crippen molar-refractivity contribution >= 4 is 17.6 Å². The molecule has 1 aliphatic heterocycles. The number of rotatable bonds is 3. The van der Waals surface area contributed by atoms with Gasteiger partial charge in [-0.1, -0.05) is 30.3 Å². The zero-order valence-electron chi connectivity index (χ0n) is 15.9. The van der Waals surface area contributed by atoms with Crippen LogP contribution in [0.3, 0.4) is 0 Å². The second-order valence-corrected chi connectivity index (χ2v) is 7.57. The Kier molecular flexibility index (Phi) is 5.19. The van der Waals surface area contributed by atoms with E-state index in [1.807, 2.05) is 30.3 Å². The van der Waals surface area contributed by atoms with E-state index in [2.05, 4.69) is 22.8 Å². The Hall–Kier alpha value is -3.02. The average molecular weight is 378 g/mol. The molecule has 0 saturated heterocycles. The number of amides is 3. The highest BCUT2D eigenvalue weighted by Crippen LogP contribution is 2.30. The van der Waals surface area contributed by atoms with E-state index >= 15 is 0 Å². The lowest BCUT2D eigenvalue weighted by molar-refractivity contribution is -0.121. The second kappa shape index (κ2) is 7.92. The predicted octanol–water partition coefficient (Wildman–Crippen LogP) is 2.53. The minimum atomic E-state index is -0.193. The molecule has 6 nitrogen and oxygen atoms in total. The minimum absolute atomic E-state index is 0.0161. The summed E-state index contributed by atoms with van der Waals surface area (Å²) >= 11 is 0. The van der Waals surface area contributed by atoms with Gasteiger partial charge in [0.2, 0.25) is 5.91 Å². The summed E-state index contributed by atoms with van der Waals surface area (Å²) in [4.78, 5) is 26.6. The molecule has 0 saturated carbocycles. The van der Waals surface area contributed by atoms with Gasteiger partial charge in [0.25, 0.3) is 0 Å². The summed E-state index contributed by atoms with van der Waals surface area (Å²) in [5, 5.41) is 5.82. The Morgan fingerprint density at radius 1 is 1.07 bits per heavy atom. The van der Waals surface area contributed by atoms with Crippen molar-refractivity contribution in [2.45, 2.75) is 38.3 Å². The molecule has 0 spiro atoms. The van der Waals surface area contributed by atoms with Crippen molar-refractivity contribution in [2.75, 3.05) is 18.8 Å². The van der Waals surface area contributed by atoms with Gasteiger partial charge in [0, 0.05) is 18.8 Å². The molecule has 2 aromatic rings. The first-order valence-electron chi connectivity index (χ1n) is 9.87. The predicted molar refractivity (Wildman–Crippen MR) is 109 cm³/mol. The van der Waals surface area contributed by atoms with E-state index in [1.165, 1.54) is 16.7 Å². The van der Waals surface area contributed by atoms with Crippen LogP contribution < -0.4 is 16.4 Å². The van der Waals surface area contributed by atoms with Crippen LogP contribution in [0.4, 0.5) is 10.5 Å². The van der Waals surface area contributed by atoms with Crippen LogP contribution in [0.5, 0.6) is 0 Å². The molecule has 2 aliphatic rings. The Balaban J connectivity index is 1.30. The normalized spacial score (nSPS) is 18.0. The molecule has 2 aromatic carbocycles. The molecule has 4 rings (SSSR count). The fraction of sp³-hybridized carbons (Fsp3) is 0.364. The van der Waals surface area contributed by atoms with Crippen molar-refractivity contribution in [1.29, 1.82) is 0 Å². The molecular weight excluding hydrogens is 352 g/mol. The van der Waals surface area contributed by atoms with Gasteiger partial charge in [0.05, 0.1) is 12.6 Å². The lowest BCUT2D eigenvalue weighted by Crippen LogP contribution is -2.46. The van der Waals surface area contributed by atoms with Gasteiger partial charge < -0.3 is 21.3 Å². The van der Waals surface area contributed by atoms with E-state index in [9.17, 15) is 9.59 Å². The van der Waals surface area contributed by atoms with Crippen molar-refractivity contribution in [3.05, 3.63) is 64.7 Å².